The summed E-state index contributed by atoms with van der Waals surface area (Å²) in [5, 5.41) is 10.6. The van der Waals surface area contributed by atoms with Gasteiger partial charge in [-0.05, 0) is 116 Å². The van der Waals surface area contributed by atoms with Crippen LogP contribution in [0.5, 0.6) is 0 Å². The first-order valence-electron chi connectivity index (χ1n) is 37.5. The van der Waals surface area contributed by atoms with E-state index in [-0.39, 0.29) is 25.7 Å². The smallest absolute Gasteiger partial charge is 0.462 e. The molecule has 17 nitrogen and oxygen atoms in total. The predicted octanol–water partition coefficient (Wildman–Crippen LogP) is 21.2. The summed E-state index contributed by atoms with van der Waals surface area (Å²) in [4.78, 5) is 72.7. The fourth-order valence-corrected chi connectivity index (χ4v) is 11.5. The van der Waals surface area contributed by atoms with E-state index >= 15 is 0 Å². The lowest BCUT2D eigenvalue weighted by molar-refractivity contribution is -0.161. The van der Waals surface area contributed by atoms with E-state index in [0.717, 1.165) is 193 Å². The first-order chi connectivity index (χ1) is 46.7. The molecule has 0 heterocycles. The number of hydrogen-bond donors (Lipinski definition) is 3. The van der Waals surface area contributed by atoms with Crippen LogP contribution in [0.25, 0.3) is 0 Å². The lowest BCUT2D eigenvalue weighted by Gasteiger charge is -2.21. The van der Waals surface area contributed by atoms with Crippen molar-refractivity contribution in [2.75, 3.05) is 39.6 Å². The van der Waals surface area contributed by atoms with Crippen LogP contribution in [0.3, 0.4) is 0 Å². The highest BCUT2D eigenvalue weighted by Crippen LogP contribution is 2.45. The molecular formula is C77H134O17P2. The number of carbonyl (C=O) groups excluding carboxylic acids is 4. The van der Waals surface area contributed by atoms with Crippen LogP contribution >= 0.6 is 15.6 Å². The number of rotatable bonds is 70. The lowest BCUT2D eigenvalue weighted by atomic mass is 10.1. The van der Waals surface area contributed by atoms with E-state index in [4.69, 9.17) is 37.0 Å². The molecule has 0 aromatic heterocycles. The van der Waals surface area contributed by atoms with E-state index in [0.29, 0.717) is 25.7 Å². The van der Waals surface area contributed by atoms with Gasteiger partial charge >= 0.3 is 39.5 Å². The molecule has 3 N–H and O–H groups in total. The second-order valence-electron chi connectivity index (χ2n) is 24.8. The van der Waals surface area contributed by atoms with Crippen LogP contribution in [0.15, 0.2) is 97.2 Å². The predicted molar refractivity (Wildman–Crippen MR) is 390 cm³/mol. The molecule has 0 aliphatic rings. The van der Waals surface area contributed by atoms with Gasteiger partial charge in [-0.1, -0.05) is 266 Å². The van der Waals surface area contributed by atoms with E-state index in [2.05, 4.69) is 125 Å². The molecule has 0 aromatic carbocycles. The SMILES string of the molecule is CC/C=C\C/C=C\C/C=C\CCCCCCCCCC(=O)OCC(COP(=O)(O)OCC(O)COP(=O)(O)OCC(COC(=O)CCCCCCC/C=C\C/C=C\C/C=C\CC)OC(=O)CCCCCCC/C=C\C/C=C\CCC)OC(=O)CCCCCCCCCCCCC. The molecule has 0 aliphatic carbocycles. The van der Waals surface area contributed by atoms with Crippen molar-refractivity contribution in [1.29, 1.82) is 0 Å². The Balaban J connectivity index is 5.32. The number of aliphatic hydroxyl groups is 1. The highest BCUT2D eigenvalue weighted by Gasteiger charge is 2.30. The van der Waals surface area contributed by atoms with Gasteiger partial charge in [0.05, 0.1) is 26.4 Å². The molecule has 0 aromatic rings. The molecule has 0 bridgehead atoms. The zero-order chi connectivity index (χ0) is 70.4. The summed E-state index contributed by atoms with van der Waals surface area (Å²) in [5.74, 6) is -2.21. The Morgan fingerprint density at radius 1 is 0.302 bits per heavy atom. The molecule has 19 heteroatoms. The maximum atomic E-state index is 13.1. The van der Waals surface area contributed by atoms with Gasteiger partial charge in [-0.15, -0.1) is 0 Å². The second-order valence-corrected chi connectivity index (χ2v) is 27.7. The Labute approximate surface area is 582 Å². The molecule has 0 rings (SSSR count). The number of phosphoric ester groups is 2. The van der Waals surface area contributed by atoms with Crippen molar-refractivity contribution in [1.82, 2.24) is 0 Å². The number of ether oxygens (including phenoxy) is 4. The van der Waals surface area contributed by atoms with Crippen LogP contribution in [0.1, 0.15) is 310 Å². The molecule has 0 radical (unpaired) electrons. The molecule has 96 heavy (non-hydrogen) atoms. The van der Waals surface area contributed by atoms with Gasteiger partial charge in [0.15, 0.2) is 12.2 Å². The van der Waals surface area contributed by atoms with E-state index in [1.165, 1.54) is 38.5 Å². The van der Waals surface area contributed by atoms with Crippen LogP contribution in [0.4, 0.5) is 0 Å². The third-order valence-corrected chi connectivity index (χ3v) is 17.4. The summed E-state index contributed by atoms with van der Waals surface area (Å²) in [6.07, 6.45) is 71.2. The number of hydrogen-bond acceptors (Lipinski definition) is 15. The summed E-state index contributed by atoms with van der Waals surface area (Å²) in [7, 11) is -9.95. The van der Waals surface area contributed by atoms with Crippen molar-refractivity contribution in [2.45, 2.75) is 329 Å². The van der Waals surface area contributed by atoms with Crippen LogP contribution in [-0.2, 0) is 65.4 Å². The summed E-state index contributed by atoms with van der Waals surface area (Å²) in [6.45, 7) is 4.55. The maximum absolute atomic E-state index is 13.1. The molecule has 5 unspecified atom stereocenters. The summed E-state index contributed by atoms with van der Waals surface area (Å²) >= 11 is 0. The number of esters is 4. The Morgan fingerprint density at radius 2 is 0.562 bits per heavy atom. The van der Waals surface area contributed by atoms with Gasteiger partial charge in [0, 0.05) is 25.7 Å². The number of phosphoric acid groups is 2. The number of aliphatic hydroxyl groups excluding tert-OH is 1. The van der Waals surface area contributed by atoms with E-state index in [1.807, 2.05) is 0 Å². The van der Waals surface area contributed by atoms with Gasteiger partial charge in [-0.3, -0.25) is 37.3 Å². The van der Waals surface area contributed by atoms with Crippen molar-refractivity contribution in [3.63, 3.8) is 0 Å². The van der Waals surface area contributed by atoms with Crippen molar-refractivity contribution >= 4 is 39.5 Å². The standard InChI is InChI=1S/C77H134O17P2/c1-5-9-13-17-21-25-29-32-34-35-37-40-43-46-50-54-58-62-75(80)87-67-72(93-76(81)63-59-55-51-47-41-28-24-20-16-12-8-4)69-91-95(83,84)89-65-71(78)66-90-96(85,86)92-70-73(94-77(82)64-60-56-52-48-44-38-31-27-23-19-15-11-7-3)68-88-74(79)61-57-53-49-45-42-39-36-33-30-26-22-18-14-10-6-2/h9-10,13-15,19,21-22,25-27,31-34,36,71-73,78H,5-8,11-12,16-18,20,23-24,28-30,35,37-70H2,1-4H3,(H,83,84)(H,85,86)/b13-9-,14-10-,19-15-,25-21-,26-22-,31-27-,34-32-,36-33-. The van der Waals surface area contributed by atoms with E-state index in [9.17, 15) is 43.2 Å². The fourth-order valence-electron chi connectivity index (χ4n) is 9.87. The Hall–Kier alpha value is -4.02. The minimum absolute atomic E-state index is 0.0750. The van der Waals surface area contributed by atoms with Crippen LogP contribution in [-0.4, -0.2) is 96.7 Å². The van der Waals surface area contributed by atoms with Crippen LogP contribution in [0.2, 0.25) is 0 Å². The monoisotopic (exact) mass is 1390 g/mol. The Morgan fingerprint density at radius 3 is 0.875 bits per heavy atom. The van der Waals surface area contributed by atoms with Gasteiger partial charge in [0.2, 0.25) is 0 Å². The first kappa shape index (κ1) is 92.0. The zero-order valence-corrected chi connectivity index (χ0v) is 62.1. The highest BCUT2D eigenvalue weighted by atomic mass is 31.2. The van der Waals surface area contributed by atoms with E-state index in [1.54, 1.807) is 0 Å². The molecular weight excluding hydrogens is 1260 g/mol. The molecule has 5 atom stereocenters. The lowest BCUT2D eigenvalue weighted by Crippen LogP contribution is -2.30. The first-order valence-corrected chi connectivity index (χ1v) is 40.5. The number of allylic oxidation sites excluding steroid dienone is 16. The topological polar surface area (TPSA) is 237 Å². The third kappa shape index (κ3) is 68.5. The van der Waals surface area contributed by atoms with Crippen LogP contribution in [0, 0.1) is 0 Å². The van der Waals surface area contributed by atoms with Crippen molar-refractivity contribution in [3.05, 3.63) is 97.2 Å². The molecule has 0 aliphatic heterocycles. The molecule has 0 saturated carbocycles. The summed E-state index contributed by atoms with van der Waals surface area (Å²) in [5.41, 5.74) is 0. The van der Waals surface area contributed by atoms with Crippen molar-refractivity contribution in [3.8, 4) is 0 Å². The quantitative estimate of drug-likeness (QED) is 0.0169. The number of carbonyl (C=O) groups is 4. The normalized spacial score (nSPS) is 14.5. The molecule has 0 saturated heterocycles. The summed E-state index contributed by atoms with van der Waals surface area (Å²) < 4.78 is 68.4. The minimum Gasteiger partial charge on any atom is -0.462 e. The molecule has 0 amide bonds. The highest BCUT2D eigenvalue weighted by molar-refractivity contribution is 7.47. The average molecular weight is 1390 g/mol. The average Bonchev–Trinajstić information content (AvgIpc) is 1.13. The molecule has 554 valence electrons. The minimum atomic E-state index is -4.98. The van der Waals surface area contributed by atoms with Crippen molar-refractivity contribution < 1.29 is 80.2 Å². The van der Waals surface area contributed by atoms with Crippen LogP contribution < -0.4 is 0 Å². The number of unbranched alkanes of at least 4 members (excludes halogenated alkanes) is 28. The third-order valence-electron chi connectivity index (χ3n) is 15.5. The summed E-state index contributed by atoms with van der Waals surface area (Å²) in [6, 6.07) is 0. The van der Waals surface area contributed by atoms with Gasteiger partial charge in [-0.25, -0.2) is 9.13 Å². The Bertz CT molecular complexity index is 2200. The molecule has 0 fully saturated rings. The zero-order valence-electron chi connectivity index (χ0n) is 60.3. The fraction of sp³-hybridized carbons (Fsp3) is 0.740. The van der Waals surface area contributed by atoms with Gasteiger partial charge in [0.1, 0.15) is 19.3 Å². The second kappa shape index (κ2) is 69.5. The van der Waals surface area contributed by atoms with Gasteiger partial charge in [0.25, 0.3) is 0 Å². The van der Waals surface area contributed by atoms with E-state index < -0.39 is 97.5 Å². The van der Waals surface area contributed by atoms with Gasteiger partial charge < -0.3 is 33.8 Å². The molecule has 0 spiro atoms. The largest absolute Gasteiger partial charge is 0.472 e. The maximum Gasteiger partial charge on any atom is 0.472 e. The van der Waals surface area contributed by atoms with Crippen molar-refractivity contribution in [2.24, 2.45) is 0 Å². The Kier molecular flexibility index (Phi) is 66.6. The van der Waals surface area contributed by atoms with Gasteiger partial charge in [-0.2, -0.15) is 0 Å².